The Labute approximate surface area is 218 Å². The van der Waals surface area contributed by atoms with Crippen LogP contribution >= 0.6 is 24.0 Å². The molecule has 0 aromatic heterocycles. The number of thiocarbonyl (C=S) groups is 1. The van der Waals surface area contributed by atoms with Gasteiger partial charge in [0.2, 0.25) is 15.9 Å². The molecule has 2 amide bonds. The number of amides is 2. The Kier molecular flexibility index (Phi) is 8.61. The Morgan fingerprint density at radius 1 is 1.22 bits per heavy atom. The fourth-order valence-corrected chi connectivity index (χ4v) is 5.61. The predicted molar refractivity (Wildman–Crippen MR) is 140 cm³/mol. The van der Waals surface area contributed by atoms with Crippen LogP contribution in [0.5, 0.6) is 5.75 Å². The van der Waals surface area contributed by atoms with Gasteiger partial charge < -0.3 is 4.74 Å². The Bertz CT molecular complexity index is 1400. The standard InChI is InChI=1S/C21H23N3O8S4/c1-14(12-17-20(26)23(21(33)34-17)10-5-11-36(29,30)31)8-9-19-24(13-18(25)22-35(2,27)28)15-6-3-4-7-16(15)32-19/h3-4,6-9,12H,5,10-11,13H2,1-2H3,(H,22,25)(H,29,30,31)/b14-8+,17-12+,19-9-. The van der Waals surface area contributed by atoms with E-state index in [0.717, 1.165) is 18.0 Å². The molecule has 1 saturated heterocycles. The van der Waals surface area contributed by atoms with Crippen LogP contribution in [-0.2, 0) is 29.7 Å². The number of benzene rings is 1. The number of ether oxygens (including phenoxy) is 1. The Morgan fingerprint density at radius 3 is 2.58 bits per heavy atom. The van der Waals surface area contributed by atoms with Crippen LogP contribution in [0.3, 0.4) is 0 Å². The molecule has 2 aliphatic rings. The monoisotopic (exact) mass is 573 g/mol. The molecule has 3 rings (SSSR count). The molecule has 1 aromatic rings. The lowest BCUT2D eigenvalue weighted by Gasteiger charge is -2.17. The predicted octanol–water partition coefficient (Wildman–Crippen LogP) is 1.77. The van der Waals surface area contributed by atoms with Crippen molar-refractivity contribution >= 4 is 65.9 Å². The summed E-state index contributed by atoms with van der Waals surface area (Å²) >= 11 is 6.29. The molecule has 1 aromatic carbocycles. The quantitative estimate of drug-likeness (QED) is 0.253. The first-order valence-corrected chi connectivity index (χ1v) is 15.1. The van der Waals surface area contributed by atoms with Crippen LogP contribution in [0.15, 0.2) is 58.9 Å². The average Bonchev–Trinajstić information content (AvgIpc) is 3.22. The highest BCUT2D eigenvalue weighted by Gasteiger charge is 2.32. The van der Waals surface area contributed by atoms with Crippen LogP contribution in [0.4, 0.5) is 5.69 Å². The van der Waals surface area contributed by atoms with Gasteiger partial charge in [-0.3, -0.25) is 28.7 Å². The molecule has 2 aliphatic heterocycles. The van der Waals surface area contributed by atoms with E-state index in [1.54, 1.807) is 49.4 Å². The number of carbonyl (C=O) groups is 2. The molecule has 0 atom stereocenters. The Balaban J connectivity index is 1.76. The molecule has 2 heterocycles. The zero-order chi connectivity index (χ0) is 26.7. The summed E-state index contributed by atoms with van der Waals surface area (Å²) in [6, 6.07) is 6.96. The number of rotatable bonds is 9. The van der Waals surface area contributed by atoms with E-state index in [4.69, 9.17) is 21.5 Å². The maximum atomic E-state index is 12.7. The summed E-state index contributed by atoms with van der Waals surface area (Å²) in [5, 5.41) is 0. The van der Waals surface area contributed by atoms with Gasteiger partial charge in [-0.15, -0.1) is 0 Å². The fourth-order valence-electron chi connectivity index (χ4n) is 3.28. The van der Waals surface area contributed by atoms with Crippen molar-refractivity contribution in [2.75, 3.05) is 30.0 Å². The highest BCUT2D eigenvalue weighted by molar-refractivity contribution is 8.26. The van der Waals surface area contributed by atoms with Gasteiger partial charge in [0.15, 0.2) is 5.75 Å². The van der Waals surface area contributed by atoms with Gasteiger partial charge in [-0.25, -0.2) is 8.42 Å². The number of carbonyl (C=O) groups excluding carboxylic acids is 2. The normalized spacial score (nSPS) is 18.7. The molecule has 0 unspecified atom stereocenters. The van der Waals surface area contributed by atoms with Crippen molar-refractivity contribution in [3.05, 3.63) is 58.9 Å². The minimum absolute atomic E-state index is 0.0418. The molecule has 15 heteroatoms. The summed E-state index contributed by atoms with van der Waals surface area (Å²) < 4.78 is 61.5. The van der Waals surface area contributed by atoms with Crippen LogP contribution in [0, 0.1) is 0 Å². The first-order valence-electron chi connectivity index (χ1n) is 10.4. The number of hydrogen-bond acceptors (Lipinski definition) is 10. The largest absolute Gasteiger partial charge is 0.439 e. The number of nitrogens with zero attached hydrogens (tertiary/aromatic N) is 2. The van der Waals surface area contributed by atoms with Gasteiger partial charge in [0.05, 0.1) is 22.6 Å². The highest BCUT2D eigenvalue weighted by Crippen LogP contribution is 2.38. The number of hydrogen-bond donors (Lipinski definition) is 2. The topological polar surface area (TPSA) is 150 Å². The second kappa shape index (κ2) is 11.1. The minimum Gasteiger partial charge on any atom is -0.439 e. The van der Waals surface area contributed by atoms with Crippen molar-refractivity contribution in [3.8, 4) is 5.75 Å². The second-order valence-electron chi connectivity index (χ2n) is 7.84. The number of allylic oxidation sites excluding steroid dienone is 4. The zero-order valence-corrected chi connectivity index (χ0v) is 22.5. The molecular formula is C21H23N3O8S4. The van der Waals surface area contributed by atoms with Gasteiger partial charge in [0.1, 0.15) is 10.9 Å². The van der Waals surface area contributed by atoms with Crippen LogP contribution in [0.25, 0.3) is 0 Å². The molecular weight excluding hydrogens is 551 g/mol. The van der Waals surface area contributed by atoms with Crippen molar-refractivity contribution in [1.29, 1.82) is 0 Å². The fraction of sp³-hybridized carbons (Fsp3) is 0.286. The molecule has 0 saturated carbocycles. The summed E-state index contributed by atoms with van der Waals surface area (Å²) in [5.74, 6) is -0.805. The Morgan fingerprint density at radius 2 is 1.92 bits per heavy atom. The van der Waals surface area contributed by atoms with Crippen LogP contribution in [0.2, 0.25) is 0 Å². The van der Waals surface area contributed by atoms with E-state index < -0.39 is 31.8 Å². The SMILES string of the molecule is CC(=C\C=C1/Oc2ccccc2N1CC(=O)NS(C)(=O)=O)/C=C1/SC(=S)N(CCCS(=O)(=O)O)C1=O. The van der Waals surface area contributed by atoms with Gasteiger partial charge in [0, 0.05) is 6.54 Å². The number of sulfonamides is 1. The number of para-hydroxylation sites is 2. The molecule has 0 radical (unpaired) electrons. The van der Waals surface area contributed by atoms with Gasteiger partial charge in [-0.2, -0.15) is 8.42 Å². The lowest BCUT2D eigenvalue weighted by atomic mass is 10.2. The molecule has 0 bridgehead atoms. The van der Waals surface area contributed by atoms with Gasteiger partial charge >= 0.3 is 0 Å². The van der Waals surface area contributed by atoms with Gasteiger partial charge in [-0.1, -0.05) is 42.2 Å². The number of thioether (sulfide) groups is 1. The van der Waals surface area contributed by atoms with E-state index >= 15 is 0 Å². The highest BCUT2D eigenvalue weighted by atomic mass is 32.2. The molecule has 194 valence electrons. The summed E-state index contributed by atoms with van der Waals surface area (Å²) in [5.41, 5.74) is 1.24. The van der Waals surface area contributed by atoms with E-state index in [2.05, 4.69) is 0 Å². The number of nitrogens with one attached hydrogen (secondary N) is 1. The molecule has 0 aliphatic carbocycles. The molecule has 1 fully saturated rings. The van der Waals surface area contributed by atoms with E-state index in [1.165, 1.54) is 9.80 Å². The average molecular weight is 574 g/mol. The maximum absolute atomic E-state index is 12.7. The van der Waals surface area contributed by atoms with Gasteiger partial charge in [0.25, 0.3) is 21.9 Å². The van der Waals surface area contributed by atoms with E-state index in [-0.39, 0.29) is 35.6 Å². The van der Waals surface area contributed by atoms with Crippen LogP contribution in [-0.4, -0.2) is 67.5 Å². The lowest BCUT2D eigenvalue weighted by molar-refractivity contribution is -0.122. The third-order valence-corrected chi connectivity index (χ3v) is 7.52. The second-order valence-corrected chi connectivity index (χ2v) is 12.8. The van der Waals surface area contributed by atoms with Gasteiger partial charge in [-0.05, 0) is 43.2 Å². The van der Waals surface area contributed by atoms with Crippen molar-refractivity contribution in [2.45, 2.75) is 13.3 Å². The van der Waals surface area contributed by atoms with Crippen molar-refractivity contribution in [1.82, 2.24) is 9.62 Å². The third kappa shape index (κ3) is 7.64. The summed E-state index contributed by atoms with van der Waals surface area (Å²) in [6.45, 7) is 1.50. The lowest BCUT2D eigenvalue weighted by Crippen LogP contribution is -2.38. The van der Waals surface area contributed by atoms with Crippen LogP contribution < -0.4 is 14.4 Å². The van der Waals surface area contributed by atoms with Crippen molar-refractivity contribution in [2.24, 2.45) is 0 Å². The summed E-state index contributed by atoms with van der Waals surface area (Å²) in [6.07, 6.45) is 5.79. The number of fused-ring (bicyclic) bond motifs is 1. The first kappa shape index (κ1) is 27.9. The summed E-state index contributed by atoms with van der Waals surface area (Å²) in [7, 11) is -7.85. The maximum Gasteiger partial charge on any atom is 0.266 e. The van der Waals surface area contributed by atoms with Crippen molar-refractivity contribution in [3.63, 3.8) is 0 Å². The smallest absolute Gasteiger partial charge is 0.266 e. The third-order valence-electron chi connectivity index (χ3n) is 4.74. The molecule has 36 heavy (non-hydrogen) atoms. The summed E-state index contributed by atoms with van der Waals surface area (Å²) in [4.78, 5) is 28.0. The zero-order valence-electron chi connectivity index (χ0n) is 19.2. The molecule has 0 spiro atoms. The first-order chi connectivity index (χ1) is 16.7. The minimum atomic E-state index is -4.13. The molecule has 11 nitrogen and oxygen atoms in total. The Hall–Kier alpha value is -2.72. The van der Waals surface area contributed by atoms with Crippen LogP contribution in [0.1, 0.15) is 13.3 Å². The van der Waals surface area contributed by atoms with E-state index in [0.29, 0.717) is 21.9 Å². The van der Waals surface area contributed by atoms with E-state index in [1.807, 2.05) is 4.72 Å². The van der Waals surface area contributed by atoms with E-state index in [9.17, 15) is 26.4 Å². The van der Waals surface area contributed by atoms with Crippen molar-refractivity contribution < 1.29 is 35.7 Å². The molecule has 2 N–H and O–H groups in total. The number of anilines is 1.